The molecule has 5 nitrogen and oxygen atoms in total. The Morgan fingerprint density at radius 1 is 1.36 bits per heavy atom. The molecule has 0 aliphatic rings. The molecule has 2 aromatic rings. The molecule has 0 aliphatic heterocycles. The maximum atomic E-state index is 11.6. The fourth-order valence-electron chi connectivity index (χ4n) is 2.02. The Kier molecular flexibility index (Phi) is 6.21. The summed E-state index contributed by atoms with van der Waals surface area (Å²) < 4.78 is 2.05. The highest BCUT2D eigenvalue weighted by Crippen LogP contribution is 2.18. The number of hydrogen-bond acceptors (Lipinski definition) is 4. The fourth-order valence-corrected chi connectivity index (χ4v) is 2.87. The summed E-state index contributed by atoms with van der Waals surface area (Å²) in [7, 11) is 0. The van der Waals surface area contributed by atoms with Gasteiger partial charge < -0.3 is 9.88 Å². The molecule has 0 aliphatic carbocycles. The molecule has 0 saturated carbocycles. The largest absolute Gasteiger partial charge is 0.352 e. The van der Waals surface area contributed by atoms with Gasteiger partial charge in [0.1, 0.15) is 5.82 Å². The number of nitrogens with one attached hydrogen (secondary N) is 1. The van der Waals surface area contributed by atoms with Crippen LogP contribution in [0.15, 0.2) is 48.1 Å². The highest BCUT2D eigenvalue weighted by molar-refractivity contribution is 7.99. The molecule has 1 N–H and O–H groups in total. The third-order valence-corrected chi connectivity index (χ3v) is 4.06. The van der Waals surface area contributed by atoms with E-state index in [0.717, 1.165) is 23.9 Å². The molecule has 0 unspecified atom stereocenters. The van der Waals surface area contributed by atoms with E-state index in [0.29, 0.717) is 12.3 Å². The number of hydrogen-bond donors (Lipinski definition) is 1. The van der Waals surface area contributed by atoms with Crippen molar-refractivity contribution in [3.63, 3.8) is 0 Å². The number of rotatable bonds is 8. The van der Waals surface area contributed by atoms with Crippen LogP contribution in [0.2, 0.25) is 0 Å². The summed E-state index contributed by atoms with van der Waals surface area (Å²) in [5, 5.41) is 12.0. The Morgan fingerprint density at radius 2 is 2.14 bits per heavy atom. The van der Waals surface area contributed by atoms with Crippen molar-refractivity contribution in [2.75, 3.05) is 12.3 Å². The van der Waals surface area contributed by atoms with Crippen LogP contribution in [0.25, 0.3) is 0 Å². The highest BCUT2D eigenvalue weighted by Gasteiger charge is 2.13. The predicted octanol–water partition coefficient (Wildman–Crippen LogP) is 2.28. The van der Waals surface area contributed by atoms with Crippen molar-refractivity contribution in [3.05, 3.63) is 54.4 Å². The number of nitrogens with zero attached hydrogens (tertiary/aromatic N) is 3. The Bertz CT molecular complexity index is 624. The lowest BCUT2D eigenvalue weighted by Gasteiger charge is -2.07. The predicted molar refractivity (Wildman–Crippen MR) is 88.9 cm³/mol. The molecule has 116 valence electrons. The monoisotopic (exact) mass is 316 g/mol. The number of amides is 1. The summed E-state index contributed by atoms with van der Waals surface area (Å²) in [6.07, 6.45) is 2.40. The molecule has 1 amide bonds. The molecule has 0 saturated heterocycles. The molecular formula is C16H20N4OS. The Morgan fingerprint density at radius 3 is 2.82 bits per heavy atom. The van der Waals surface area contributed by atoms with Crippen molar-refractivity contribution >= 4 is 17.7 Å². The number of benzene rings is 1. The van der Waals surface area contributed by atoms with E-state index in [9.17, 15) is 4.79 Å². The lowest BCUT2D eigenvalue weighted by atomic mass is 10.1. The van der Waals surface area contributed by atoms with Gasteiger partial charge in [-0.1, -0.05) is 48.2 Å². The van der Waals surface area contributed by atoms with E-state index in [1.165, 1.54) is 17.3 Å². The highest BCUT2D eigenvalue weighted by atomic mass is 32.2. The van der Waals surface area contributed by atoms with Crippen LogP contribution in [-0.4, -0.2) is 33.0 Å². The van der Waals surface area contributed by atoms with Gasteiger partial charge in [0.25, 0.3) is 0 Å². The summed E-state index contributed by atoms with van der Waals surface area (Å²) in [4.78, 5) is 11.6. The second-order valence-electron chi connectivity index (χ2n) is 4.69. The standard InChI is InChI=1S/C16H20N4OS/c1-3-10-17-15(21)12-22-16-19-18-14(20(16)4-2)11-13-8-6-5-7-9-13/h3,5-9H,1,4,10-12H2,2H3,(H,17,21). The lowest BCUT2D eigenvalue weighted by molar-refractivity contribution is -0.118. The molecule has 1 aromatic heterocycles. The maximum absolute atomic E-state index is 11.6. The van der Waals surface area contributed by atoms with Crippen molar-refractivity contribution in [2.45, 2.75) is 25.0 Å². The summed E-state index contributed by atoms with van der Waals surface area (Å²) in [6, 6.07) is 10.2. The molecule has 0 radical (unpaired) electrons. The molecule has 0 fully saturated rings. The van der Waals surface area contributed by atoms with Crippen LogP contribution >= 0.6 is 11.8 Å². The van der Waals surface area contributed by atoms with Crippen LogP contribution in [0.5, 0.6) is 0 Å². The fraction of sp³-hybridized carbons (Fsp3) is 0.312. The summed E-state index contributed by atoms with van der Waals surface area (Å²) in [5.41, 5.74) is 1.20. The molecule has 0 spiro atoms. The van der Waals surface area contributed by atoms with Crippen molar-refractivity contribution in [1.29, 1.82) is 0 Å². The minimum atomic E-state index is -0.0276. The third-order valence-electron chi connectivity index (χ3n) is 3.09. The van der Waals surface area contributed by atoms with Gasteiger partial charge >= 0.3 is 0 Å². The van der Waals surface area contributed by atoms with E-state index in [2.05, 4.69) is 45.7 Å². The third kappa shape index (κ3) is 4.46. The first-order chi connectivity index (χ1) is 10.7. The molecule has 22 heavy (non-hydrogen) atoms. The van der Waals surface area contributed by atoms with E-state index in [1.807, 2.05) is 18.2 Å². The van der Waals surface area contributed by atoms with Gasteiger partial charge in [0.15, 0.2) is 5.16 Å². The zero-order valence-corrected chi connectivity index (χ0v) is 13.5. The van der Waals surface area contributed by atoms with E-state index in [1.54, 1.807) is 6.08 Å². The SMILES string of the molecule is C=CCNC(=O)CSc1nnc(Cc2ccccc2)n1CC. The van der Waals surface area contributed by atoms with E-state index in [-0.39, 0.29) is 5.91 Å². The molecule has 0 atom stereocenters. The normalized spacial score (nSPS) is 10.4. The van der Waals surface area contributed by atoms with Crippen LogP contribution in [-0.2, 0) is 17.8 Å². The maximum Gasteiger partial charge on any atom is 0.230 e. The average molecular weight is 316 g/mol. The number of thioether (sulfide) groups is 1. The second-order valence-corrected chi connectivity index (χ2v) is 5.63. The lowest BCUT2D eigenvalue weighted by Crippen LogP contribution is -2.25. The van der Waals surface area contributed by atoms with Gasteiger partial charge in [-0.2, -0.15) is 0 Å². The number of carbonyl (C=O) groups excluding carboxylic acids is 1. The van der Waals surface area contributed by atoms with Crippen LogP contribution in [0.1, 0.15) is 18.3 Å². The van der Waals surface area contributed by atoms with Gasteiger partial charge in [0, 0.05) is 19.5 Å². The van der Waals surface area contributed by atoms with E-state index >= 15 is 0 Å². The summed E-state index contributed by atoms with van der Waals surface area (Å²) in [5.74, 6) is 1.22. The molecule has 6 heteroatoms. The number of aromatic nitrogens is 3. The van der Waals surface area contributed by atoms with Crippen molar-refractivity contribution in [2.24, 2.45) is 0 Å². The molecule has 1 aromatic carbocycles. The summed E-state index contributed by atoms with van der Waals surface area (Å²) in [6.45, 7) is 6.90. The van der Waals surface area contributed by atoms with Crippen molar-refractivity contribution in [3.8, 4) is 0 Å². The van der Waals surface area contributed by atoms with Crippen LogP contribution < -0.4 is 5.32 Å². The Labute approximate surface area is 134 Å². The van der Waals surface area contributed by atoms with E-state index in [4.69, 9.17) is 0 Å². The van der Waals surface area contributed by atoms with Gasteiger partial charge in [-0.3, -0.25) is 4.79 Å². The molecular weight excluding hydrogens is 296 g/mol. The van der Waals surface area contributed by atoms with Crippen LogP contribution in [0, 0.1) is 0 Å². The molecule has 0 bridgehead atoms. The first kappa shape index (κ1) is 16.3. The van der Waals surface area contributed by atoms with Crippen LogP contribution in [0.4, 0.5) is 0 Å². The summed E-state index contributed by atoms with van der Waals surface area (Å²) >= 11 is 1.40. The smallest absolute Gasteiger partial charge is 0.230 e. The van der Waals surface area contributed by atoms with Crippen molar-refractivity contribution < 1.29 is 4.79 Å². The van der Waals surface area contributed by atoms with Gasteiger partial charge in [0.05, 0.1) is 5.75 Å². The first-order valence-corrected chi connectivity index (χ1v) is 8.19. The molecule has 2 rings (SSSR count). The average Bonchev–Trinajstić information content (AvgIpc) is 2.93. The first-order valence-electron chi connectivity index (χ1n) is 7.21. The molecule has 1 heterocycles. The Hall–Kier alpha value is -2.08. The van der Waals surface area contributed by atoms with Crippen LogP contribution in [0.3, 0.4) is 0 Å². The van der Waals surface area contributed by atoms with Gasteiger partial charge in [-0.25, -0.2) is 0 Å². The minimum absolute atomic E-state index is 0.0276. The quantitative estimate of drug-likeness (QED) is 0.599. The van der Waals surface area contributed by atoms with Gasteiger partial charge in [-0.05, 0) is 12.5 Å². The van der Waals surface area contributed by atoms with E-state index < -0.39 is 0 Å². The minimum Gasteiger partial charge on any atom is -0.352 e. The zero-order valence-electron chi connectivity index (χ0n) is 12.7. The second kappa shape index (κ2) is 8.38. The zero-order chi connectivity index (χ0) is 15.8. The topological polar surface area (TPSA) is 59.8 Å². The number of carbonyl (C=O) groups is 1. The Balaban J connectivity index is 2.01. The van der Waals surface area contributed by atoms with Gasteiger partial charge in [0.2, 0.25) is 5.91 Å². The van der Waals surface area contributed by atoms with Crippen molar-refractivity contribution in [1.82, 2.24) is 20.1 Å². The van der Waals surface area contributed by atoms with Gasteiger partial charge in [-0.15, -0.1) is 16.8 Å².